The van der Waals surface area contributed by atoms with Gasteiger partial charge in [0.1, 0.15) is 14.1 Å². The minimum atomic E-state index is -0.406. The predicted octanol–water partition coefficient (Wildman–Crippen LogP) is 19.0. The van der Waals surface area contributed by atoms with Gasteiger partial charge in [-0.15, -0.1) is 0 Å². The second-order valence-corrected chi connectivity index (χ2v) is 29.0. The van der Waals surface area contributed by atoms with Gasteiger partial charge in [0, 0.05) is 70.7 Å². The molecular formula is C68H68Br4N8O8+2. The number of anilines is 2. The van der Waals surface area contributed by atoms with E-state index < -0.39 is 10.8 Å². The van der Waals surface area contributed by atoms with E-state index in [0.717, 1.165) is 207 Å². The Hall–Kier alpha value is -6.48. The number of fused-ring (bicyclic) bond motifs is 8. The van der Waals surface area contributed by atoms with E-state index >= 15 is 0 Å². The Morgan fingerprint density at radius 3 is 1.01 bits per heavy atom. The number of hydrogen-bond acceptors (Lipinski definition) is 10. The molecular weight excluding hydrogens is 1380 g/mol. The summed E-state index contributed by atoms with van der Waals surface area (Å²) >= 11 is 14.3. The summed E-state index contributed by atoms with van der Waals surface area (Å²) in [5.41, 5.74) is 12.7. The zero-order chi connectivity index (χ0) is 61.6. The first-order valence-electron chi connectivity index (χ1n) is 30.9. The van der Waals surface area contributed by atoms with E-state index in [4.69, 9.17) is 0 Å². The minimum absolute atomic E-state index is 0.00168. The first kappa shape index (κ1) is 60.4. The topological polar surface area (TPSA) is 185 Å². The van der Waals surface area contributed by atoms with Crippen molar-refractivity contribution >= 4 is 121 Å². The summed E-state index contributed by atoms with van der Waals surface area (Å²) < 4.78 is 6.13. The summed E-state index contributed by atoms with van der Waals surface area (Å²) in [6.45, 7) is 0.873. The molecule has 4 fully saturated rings. The smallest absolute Gasteiger partial charge is 0.290 e. The second-order valence-electron chi connectivity index (χ2n) is 25.6. The van der Waals surface area contributed by atoms with Gasteiger partial charge in [-0.05, 0) is 174 Å². The van der Waals surface area contributed by atoms with Gasteiger partial charge in [0.2, 0.25) is 11.4 Å². The summed E-state index contributed by atoms with van der Waals surface area (Å²) in [6.07, 6.45) is 33.1. The first-order valence-corrected chi connectivity index (χ1v) is 34.1. The van der Waals surface area contributed by atoms with Gasteiger partial charge in [-0.1, -0.05) is 113 Å². The van der Waals surface area contributed by atoms with Crippen LogP contribution >= 0.6 is 63.7 Å². The van der Waals surface area contributed by atoms with E-state index in [9.17, 15) is 40.5 Å². The molecule has 4 heterocycles. The molecule has 0 N–H and O–H groups in total. The Labute approximate surface area is 545 Å². The minimum Gasteiger partial charge on any atom is -0.339 e. The lowest BCUT2D eigenvalue weighted by atomic mass is 9.67. The average Bonchev–Trinajstić information content (AvgIpc) is 2.43. The van der Waals surface area contributed by atoms with Crippen LogP contribution in [0.15, 0.2) is 139 Å². The van der Waals surface area contributed by atoms with Crippen LogP contribution in [0.25, 0.3) is 0 Å². The van der Waals surface area contributed by atoms with Crippen molar-refractivity contribution in [2.24, 2.45) is 0 Å². The number of halogens is 4. The van der Waals surface area contributed by atoms with Gasteiger partial charge in [0.05, 0.1) is 71.9 Å². The van der Waals surface area contributed by atoms with Gasteiger partial charge >= 0.3 is 0 Å². The van der Waals surface area contributed by atoms with Crippen molar-refractivity contribution < 1.29 is 28.8 Å². The largest absolute Gasteiger partial charge is 0.339 e. The van der Waals surface area contributed by atoms with Crippen LogP contribution in [0.4, 0.5) is 45.5 Å². The fourth-order valence-electron chi connectivity index (χ4n) is 17.2. The van der Waals surface area contributed by atoms with Gasteiger partial charge in [-0.3, -0.25) is 40.5 Å². The fraction of sp³-hybridized carbons (Fsp3) is 0.412. The van der Waals surface area contributed by atoms with Crippen LogP contribution in [0.2, 0.25) is 0 Å². The molecule has 20 heteroatoms. The van der Waals surface area contributed by atoms with E-state index in [1.165, 1.54) is 0 Å². The Bertz CT molecular complexity index is 3760. The van der Waals surface area contributed by atoms with Gasteiger partial charge in [0.25, 0.3) is 22.7 Å². The Balaban J connectivity index is 0.879. The van der Waals surface area contributed by atoms with Crippen molar-refractivity contribution in [2.75, 3.05) is 23.9 Å². The van der Waals surface area contributed by atoms with Crippen molar-refractivity contribution in [3.63, 3.8) is 0 Å². The number of benzene rings is 5. The SMILES string of the molecule is C[N+]1=C(/C=C/C=C2/N(Cc3ccc(CN4/C(=C/C=C/C5=[N+](C)c6cc([N+](=O)[O-])c(Br)cc6C56CCCCC6)C5(CCCCC5)c5cc(Br)c([N+](=O)[O-])cc54)cc3)c3cc([N+](=O)[O-])c(Br)cc3C23CCCCC3)C2(CCCCC2)c2cc(Br)c([N+](=O)[O-])cc21. The molecule has 16 nitrogen and oxygen atoms in total. The van der Waals surface area contributed by atoms with Crippen molar-refractivity contribution in [3.05, 3.63) is 212 Å². The first-order chi connectivity index (χ1) is 42.3. The van der Waals surface area contributed by atoms with Crippen molar-refractivity contribution in [2.45, 2.75) is 163 Å². The molecule has 0 amide bonds. The zero-order valence-corrected chi connectivity index (χ0v) is 55.6. The number of allylic oxidation sites excluding steroid dienone is 8. The number of nitro groups is 4. The van der Waals surface area contributed by atoms with Gasteiger partial charge < -0.3 is 9.80 Å². The highest BCUT2D eigenvalue weighted by Crippen LogP contribution is 2.60. The van der Waals surface area contributed by atoms with Gasteiger partial charge in [0.15, 0.2) is 11.4 Å². The van der Waals surface area contributed by atoms with Crippen LogP contribution in [0.5, 0.6) is 0 Å². The molecule has 454 valence electrons. The van der Waals surface area contributed by atoms with Crippen LogP contribution in [0.1, 0.15) is 162 Å². The zero-order valence-electron chi connectivity index (χ0n) is 49.3. The maximum absolute atomic E-state index is 12.7. The number of rotatable bonds is 12. The average molecular weight is 1440 g/mol. The van der Waals surface area contributed by atoms with Crippen LogP contribution in [-0.2, 0) is 34.7 Å². The molecule has 0 bridgehead atoms. The number of hydrogen-bond donors (Lipinski definition) is 0. The maximum atomic E-state index is 12.7. The number of nitrogens with zero attached hydrogens (tertiary/aromatic N) is 8. The highest BCUT2D eigenvalue weighted by Gasteiger charge is 2.55. The van der Waals surface area contributed by atoms with Crippen molar-refractivity contribution in [1.82, 2.24) is 0 Å². The molecule has 88 heavy (non-hydrogen) atoms. The molecule has 0 radical (unpaired) electrons. The normalized spacial score (nSPS) is 21.2. The highest BCUT2D eigenvalue weighted by atomic mass is 79.9. The summed E-state index contributed by atoms with van der Waals surface area (Å²) in [5, 5.41) is 49.9. The predicted molar refractivity (Wildman–Crippen MR) is 357 cm³/mol. The van der Waals surface area contributed by atoms with Crippen LogP contribution in [0.3, 0.4) is 0 Å². The molecule has 0 atom stereocenters. The van der Waals surface area contributed by atoms with Crippen LogP contribution < -0.4 is 9.80 Å². The molecule has 0 unspecified atom stereocenters. The maximum Gasteiger partial charge on any atom is 0.290 e. The lowest BCUT2D eigenvalue weighted by Crippen LogP contribution is -2.36. The summed E-state index contributed by atoms with van der Waals surface area (Å²) in [5.74, 6) is 0. The van der Waals surface area contributed by atoms with E-state index in [1.807, 2.05) is 38.4 Å². The summed E-state index contributed by atoms with van der Waals surface area (Å²) in [7, 11) is 4.03. The number of nitro benzene ring substituents is 4. The quantitative estimate of drug-likeness (QED) is 0.0661. The summed E-state index contributed by atoms with van der Waals surface area (Å²) in [6, 6.07) is 23.3. The molecule has 5 aromatic carbocycles. The standard InChI is InChI=1S/C68H68Br4N8O8/c1-73-53-37-57(77(81)82)49(69)33-45(53)65(25-7-3-8-26-65)61(73)17-15-19-63-67(29-11-5-12-30-67)47-35-51(71)59(79(85)86)39-55(47)75(63)41-43-21-23-44(24-22-43)42-76-56-40-60(80(87)88)52(72)36-48(56)68(31-13-6-14-32-68)64(76)20-16-18-62-66(27-9-4-10-28-66)46-34-50(70)58(78(83)84)38-54(46)74(62)2/h15-24,33-40H,3-14,25-32,41-42H2,1-2H3/q+2. The van der Waals surface area contributed by atoms with Gasteiger partial charge in [-0.2, -0.15) is 9.15 Å². The molecule has 5 aromatic rings. The van der Waals surface area contributed by atoms with E-state index in [1.54, 1.807) is 24.3 Å². The molecule has 4 saturated carbocycles. The van der Waals surface area contributed by atoms with E-state index in [2.05, 4.69) is 143 Å². The Kier molecular flexibility index (Phi) is 16.1. The highest BCUT2D eigenvalue weighted by molar-refractivity contribution is 9.11. The van der Waals surface area contributed by atoms with E-state index in [-0.39, 0.29) is 53.3 Å². The van der Waals surface area contributed by atoms with Crippen LogP contribution in [0, 0.1) is 40.5 Å². The van der Waals surface area contributed by atoms with Crippen molar-refractivity contribution in [1.29, 1.82) is 0 Å². The second kappa shape index (κ2) is 23.4. The molecule has 4 spiro atoms. The molecule has 8 aliphatic rings. The molecule has 0 saturated heterocycles. The third-order valence-corrected chi connectivity index (χ3v) is 23.8. The molecule has 0 aromatic heterocycles. The Morgan fingerprint density at radius 1 is 0.420 bits per heavy atom. The van der Waals surface area contributed by atoms with E-state index in [0.29, 0.717) is 31.0 Å². The molecule has 13 rings (SSSR count). The molecule has 4 aliphatic carbocycles. The third-order valence-electron chi connectivity index (χ3n) is 21.2. The lowest BCUT2D eigenvalue weighted by Gasteiger charge is -2.37. The lowest BCUT2D eigenvalue weighted by molar-refractivity contribution is -0.406. The Morgan fingerprint density at radius 2 is 0.705 bits per heavy atom. The van der Waals surface area contributed by atoms with Crippen molar-refractivity contribution in [3.8, 4) is 0 Å². The summed E-state index contributed by atoms with van der Waals surface area (Å²) in [4.78, 5) is 53.2. The fourth-order valence-corrected chi connectivity index (χ4v) is 19.2. The monoisotopic (exact) mass is 1440 g/mol. The third kappa shape index (κ3) is 9.81. The van der Waals surface area contributed by atoms with Crippen LogP contribution in [-0.4, -0.2) is 54.4 Å². The van der Waals surface area contributed by atoms with Gasteiger partial charge in [-0.25, -0.2) is 0 Å². The molecule has 4 aliphatic heterocycles.